The van der Waals surface area contributed by atoms with Gasteiger partial charge in [-0.25, -0.2) is 4.98 Å². The second-order valence-corrected chi connectivity index (χ2v) is 5.91. The summed E-state index contributed by atoms with van der Waals surface area (Å²) in [5.41, 5.74) is 1.56. The molecule has 2 rings (SSSR count). The smallest absolute Gasteiger partial charge is 0.251 e. The lowest BCUT2D eigenvalue weighted by atomic mass is 10.1. The molecule has 110 valence electrons. The molecule has 20 heavy (non-hydrogen) atoms. The molecule has 0 spiro atoms. The average Bonchev–Trinajstić information content (AvgIpc) is 2.81. The van der Waals surface area contributed by atoms with Crippen LogP contribution in [-0.2, 0) is 0 Å². The number of amides is 1. The van der Waals surface area contributed by atoms with Crippen LogP contribution in [0.15, 0.2) is 12.1 Å². The molecule has 1 aliphatic carbocycles. The van der Waals surface area contributed by atoms with Crippen molar-refractivity contribution >= 4 is 11.7 Å². The number of hydrogen-bond acceptors (Lipinski definition) is 3. The third-order valence-electron chi connectivity index (χ3n) is 3.93. The fraction of sp³-hybridized carbons (Fsp3) is 0.625. The van der Waals surface area contributed by atoms with Gasteiger partial charge in [-0.05, 0) is 50.7 Å². The van der Waals surface area contributed by atoms with Crippen LogP contribution in [0.4, 0.5) is 5.82 Å². The van der Waals surface area contributed by atoms with Crippen LogP contribution < -0.4 is 10.6 Å². The minimum Gasteiger partial charge on any atom is -0.370 e. The monoisotopic (exact) mass is 275 g/mol. The van der Waals surface area contributed by atoms with Gasteiger partial charge in [-0.3, -0.25) is 4.79 Å². The molecular formula is C16H25N3O. The number of carbonyl (C=O) groups is 1. The summed E-state index contributed by atoms with van der Waals surface area (Å²) in [5.74, 6) is 2.23. The van der Waals surface area contributed by atoms with E-state index in [1.54, 1.807) is 0 Å². The Kier molecular flexibility index (Phi) is 4.99. The van der Waals surface area contributed by atoms with E-state index < -0.39 is 0 Å². The molecule has 2 unspecified atom stereocenters. The van der Waals surface area contributed by atoms with Crippen LogP contribution in [-0.4, -0.2) is 24.0 Å². The normalized spacial score (nSPS) is 21.8. The predicted octanol–water partition coefficient (Wildman–Crippen LogP) is 2.99. The van der Waals surface area contributed by atoms with Gasteiger partial charge in [0.05, 0.1) is 0 Å². The van der Waals surface area contributed by atoms with Crippen molar-refractivity contribution in [3.63, 3.8) is 0 Å². The molecule has 1 aromatic heterocycles. The highest BCUT2D eigenvalue weighted by molar-refractivity contribution is 5.95. The second-order valence-electron chi connectivity index (χ2n) is 5.91. The van der Waals surface area contributed by atoms with Gasteiger partial charge in [-0.1, -0.05) is 13.3 Å². The summed E-state index contributed by atoms with van der Waals surface area (Å²) in [6, 6.07) is 3.66. The van der Waals surface area contributed by atoms with Crippen LogP contribution in [0, 0.1) is 18.8 Å². The standard InChI is InChI=1S/C16H25N3O/c1-4-17-15-9-14(8-12(3)19-15)16(20)18-10-13-6-5-11(2)7-13/h8-9,11,13H,4-7,10H2,1-3H3,(H,17,19)(H,18,20). The summed E-state index contributed by atoms with van der Waals surface area (Å²) in [6.07, 6.45) is 3.76. The molecule has 1 amide bonds. The van der Waals surface area contributed by atoms with Crippen LogP contribution in [0.25, 0.3) is 0 Å². The molecule has 1 heterocycles. The lowest BCUT2D eigenvalue weighted by molar-refractivity contribution is 0.0947. The van der Waals surface area contributed by atoms with Crippen LogP contribution in [0.2, 0.25) is 0 Å². The van der Waals surface area contributed by atoms with Gasteiger partial charge in [-0.2, -0.15) is 0 Å². The SMILES string of the molecule is CCNc1cc(C(=O)NCC2CCC(C)C2)cc(C)n1. The Bertz CT molecular complexity index is 473. The molecule has 2 N–H and O–H groups in total. The zero-order chi connectivity index (χ0) is 14.5. The number of aromatic nitrogens is 1. The van der Waals surface area contributed by atoms with Crippen molar-refractivity contribution in [2.75, 3.05) is 18.4 Å². The largest absolute Gasteiger partial charge is 0.370 e. The number of hydrogen-bond donors (Lipinski definition) is 2. The number of carbonyl (C=O) groups excluding carboxylic acids is 1. The fourth-order valence-electron chi connectivity index (χ4n) is 2.92. The summed E-state index contributed by atoms with van der Waals surface area (Å²) in [4.78, 5) is 16.6. The zero-order valence-electron chi connectivity index (χ0n) is 12.7. The van der Waals surface area contributed by atoms with E-state index in [1.165, 1.54) is 19.3 Å². The Balaban J connectivity index is 1.94. The third kappa shape index (κ3) is 3.95. The van der Waals surface area contributed by atoms with Gasteiger partial charge >= 0.3 is 0 Å². The highest BCUT2D eigenvalue weighted by atomic mass is 16.1. The molecular weight excluding hydrogens is 250 g/mol. The molecule has 1 saturated carbocycles. The highest BCUT2D eigenvalue weighted by Gasteiger charge is 2.21. The molecule has 0 radical (unpaired) electrons. The molecule has 0 bridgehead atoms. The molecule has 0 aliphatic heterocycles. The van der Waals surface area contributed by atoms with Gasteiger partial charge in [0.2, 0.25) is 0 Å². The lowest BCUT2D eigenvalue weighted by Gasteiger charge is -2.12. The summed E-state index contributed by atoms with van der Waals surface area (Å²) in [6.45, 7) is 7.82. The number of nitrogens with one attached hydrogen (secondary N) is 2. The first kappa shape index (κ1) is 14.8. The number of rotatable bonds is 5. The van der Waals surface area contributed by atoms with Crippen LogP contribution in [0.1, 0.15) is 49.2 Å². The number of anilines is 1. The second kappa shape index (κ2) is 6.73. The van der Waals surface area contributed by atoms with Gasteiger partial charge in [0.25, 0.3) is 5.91 Å². The van der Waals surface area contributed by atoms with Crippen molar-refractivity contribution in [3.8, 4) is 0 Å². The van der Waals surface area contributed by atoms with Crippen molar-refractivity contribution in [2.24, 2.45) is 11.8 Å². The molecule has 1 aromatic rings. The number of pyridine rings is 1. The van der Waals surface area contributed by atoms with E-state index in [0.29, 0.717) is 11.5 Å². The minimum atomic E-state index is 0.00852. The average molecular weight is 275 g/mol. The van der Waals surface area contributed by atoms with E-state index in [0.717, 1.165) is 30.5 Å². The van der Waals surface area contributed by atoms with Crippen molar-refractivity contribution in [3.05, 3.63) is 23.4 Å². The van der Waals surface area contributed by atoms with Crippen molar-refractivity contribution in [2.45, 2.75) is 40.0 Å². The molecule has 1 aliphatic rings. The van der Waals surface area contributed by atoms with Crippen LogP contribution in [0.3, 0.4) is 0 Å². The topological polar surface area (TPSA) is 54.0 Å². The first-order valence-corrected chi connectivity index (χ1v) is 7.59. The highest BCUT2D eigenvalue weighted by Crippen LogP contribution is 2.29. The van der Waals surface area contributed by atoms with E-state index in [4.69, 9.17) is 0 Å². The lowest BCUT2D eigenvalue weighted by Crippen LogP contribution is -2.28. The molecule has 2 atom stereocenters. The first-order valence-electron chi connectivity index (χ1n) is 7.59. The van der Waals surface area contributed by atoms with E-state index >= 15 is 0 Å². The van der Waals surface area contributed by atoms with E-state index in [1.807, 2.05) is 26.0 Å². The van der Waals surface area contributed by atoms with E-state index in [-0.39, 0.29) is 5.91 Å². The molecule has 4 nitrogen and oxygen atoms in total. The van der Waals surface area contributed by atoms with Crippen molar-refractivity contribution < 1.29 is 4.79 Å². The molecule has 4 heteroatoms. The van der Waals surface area contributed by atoms with Crippen LogP contribution >= 0.6 is 0 Å². The Hall–Kier alpha value is -1.58. The third-order valence-corrected chi connectivity index (χ3v) is 3.93. The zero-order valence-corrected chi connectivity index (χ0v) is 12.7. The van der Waals surface area contributed by atoms with Gasteiger partial charge in [-0.15, -0.1) is 0 Å². The molecule has 0 aromatic carbocycles. The minimum absolute atomic E-state index is 0.00852. The summed E-state index contributed by atoms with van der Waals surface area (Å²) in [5, 5.41) is 6.22. The van der Waals surface area contributed by atoms with Crippen molar-refractivity contribution in [1.82, 2.24) is 10.3 Å². The van der Waals surface area contributed by atoms with Gasteiger partial charge in [0.15, 0.2) is 0 Å². The maximum atomic E-state index is 12.2. The first-order chi connectivity index (χ1) is 9.58. The molecule has 1 fully saturated rings. The Morgan fingerprint density at radius 3 is 2.85 bits per heavy atom. The van der Waals surface area contributed by atoms with Gasteiger partial charge in [0.1, 0.15) is 5.82 Å². The van der Waals surface area contributed by atoms with E-state index in [9.17, 15) is 4.79 Å². The number of nitrogens with zero attached hydrogens (tertiary/aromatic N) is 1. The summed E-state index contributed by atoms with van der Waals surface area (Å²) >= 11 is 0. The maximum absolute atomic E-state index is 12.2. The van der Waals surface area contributed by atoms with Crippen molar-refractivity contribution in [1.29, 1.82) is 0 Å². The summed E-state index contributed by atoms with van der Waals surface area (Å²) in [7, 11) is 0. The predicted molar refractivity (Wildman–Crippen MR) is 82.0 cm³/mol. The molecule has 0 saturated heterocycles. The summed E-state index contributed by atoms with van der Waals surface area (Å²) < 4.78 is 0. The Morgan fingerprint density at radius 2 is 2.20 bits per heavy atom. The maximum Gasteiger partial charge on any atom is 0.251 e. The quantitative estimate of drug-likeness (QED) is 0.868. The van der Waals surface area contributed by atoms with Gasteiger partial charge in [0, 0.05) is 24.3 Å². The Labute approximate surface area is 121 Å². The van der Waals surface area contributed by atoms with Crippen LogP contribution in [0.5, 0.6) is 0 Å². The van der Waals surface area contributed by atoms with E-state index in [2.05, 4.69) is 22.5 Å². The number of aryl methyl sites for hydroxylation is 1. The fourth-order valence-corrected chi connectivity index (χ4v) is 2.92. The van der Waals surface area contributed by atoms with Gasteiger partial charge < -0.3 is 10.6 Å². The Morgan fingerprint density at radius 1 is 1.40 bits per heavy atom.